The van der Waals surface area contributed by atoms with Crippen LogP contribution in [0.5, 0.6) is 0 Å². The van der Waals surface area contributed by atoms with Gasteiger partial charge in [-0.25, -0.2) is 4.79 Å². The molecule has 2 bridgehead atoms. The standard InChI is InChI=1S/C20H32O5/c1-14(2)20(24)11-7-15-6-5-9-19(4,25-17(15)22)16(21)8-10-18(3,23)12-13-20/h6,12-14,16,21,23-24H,5,7-11H2,1-4H3/t16-,18-,19-,20+/m1/s1. The summed E-state index contributed by atoms with van der Waals surface area (Å²) in [7, 11) is 0. The van der Waals surface area contributed by atoms with E-state index in [-0.39, 0.29) is 5.92 Å². The molecule has 2 aliphatic rings. The maximum atomic E-state index is 12.5. The van der Waals surface area contributed by atoms with Crippen LogP contribution in [0, 0.1) is 5.92 Å². The van der Waals surface area contributed by atoms with E-state index >= 15 is 0 Å². The minimum Gasteiger partial charge on any atom is -0.453 e. The number of carbonyl (C=O) groups is 1. The third-order valence-corrected chi connectivity index (χ3v) is 5.77. The maximum Gasteiger partial charge on any atom is 0.334 e. The zero-order chi connectivity index (χ0) is 18.9. The molecule has 142 valence electrons. The lowest BCUT2D eigenvalue weighted by Gasteiger charge is -2.34. The van der Waals surface area contributed by atoms with E-state index in [0.29, 0.717) is 44.1 Å². The van der Waals surface area contributed by atoms with Crippen molar-refractivity contribution in [1.82, 2.24) is 0 Å². The Morgan fingerprint density at radius 3 is 2.48 bits per heavy atom. The Kier molecular flexibility index (Phi) is 5.81. The summed E-state index contributed by atoms with van der Waals surface area (Å²) in [6.45, 7) is 7.24. The largest absolute Gasteiger partial charge is 0.453 e. The molecule has 0 spiro atoms. The molecular weight excluding hydrogens is 320 g/mol. The summed E-state index contributed by atoms with van der Waals surface area (Å²) < 4.78 is 5.64. The number of fused-ring (bicyclic) bond motifs is 3. The van der Waals surface area contributed by atoms with Crippen molar-refractivity contribution in [2.75, 3.05) is 0 Å². The van der Waals surface area contributed by atoms with Crippen LogP contribution in [0.15, 0.2) is 23.8 Å². The molecule has 4 atom stereocenters. The molecule has 5 heteroatoms. The number of aliphatic hydroxyl groups is 3. The van der Waals surface area contributed by atoms with Crippen molar-refractivity contribution >= 4 is 5.97 Å². The van der Waals surface area contributed by atoms with Gasteiger partial charge in [0.05, 0.1) is 17.3 Å². The molecule has 3 N–H and O–H groups in total. The lowest BCUT2D eigenvalue weighted by Crippen LogP contribution is -2.44. The second-order valence-corrected chi connectivity index (χ2v) is 8.36. The predicted octanol–water partition coefficient (Wildman–Crippen LogP) is 2.64. The second-order valence-electron chi connectivity index (χ2n) is 8.36. The van der Waals surface area contributed by atoms with E-state index in [4.69, 9.17) is 4.74 Å². The number of rotatable bonds is 1. The highest BCUT2D eigenvalue weighted by atomic mass is 16.6. The van der Waals surface area contributed by atoms with Crippen molar-refractivity contribution in [3.8, 4) is 0 Å². The quantitative estimate of drug-likeness (QED) is 0.499. The van der Waals surface area contributed by atoms with Gasteiger partial charge in [0.25, 0.3) is 0 Å². The average Bonchev–Trinajstić information content (AvgIpc) is 2.67. The van der Waals surface area contributed by atoms with Gasteiger partial charge in [0.15, 0.2) is 0 Å². The fourth-order valence-corrected chi connectivity index (χ4v) is 3.42. The number of aliphatic hydroxyl groups excluding tert-OH is 1. The van der Waals surface area contributed by atoms with Gasteiger partial charge in [0.2, 0.25) is 0 Å². The summed E-state index contributed by atoms with van der Waals surface area (Å²) >= 11 is 0. The van der Waals surface area contributed by atoms with Crippen LogP contribution < -0.4 is 0 Å². The molecule has 0 aromatic heterocycles. The number of hydrogen-bond acceptors (Lipinski definition) is 5. The van der Waals surface area contributed by atoms with Crippen molar-refractivity contribution in [3.05, 3.63) is 23.8 Å². The van der Waals surface area contributed by atoms with Gasteiger partial charge in [0, 0.05) is 5.57 Å². The highest BCUT2D eigenvalue weighted by Crippen LogP contribution is 2.35. The molecule has 2 heterocycles. The van der Waals surface area contributed by atoms with Crippen LogP contribution in [0.2, 0.25) is 0 Å². The van der Waals surface area contributed by atoms with Crippen LogP contribution in [0.3, 0.4) is 0 Å². The average molecular weight is 352 g/mol. The first kappa shape index (κ1) is 20.1. The molecule has 0 unspecified atom stereocenters. The SMILES string of the molecule is CC(C)[C@@]1(O)C=C[C@](C)(O)CC[C@@H](O)[C@@]2(C)CCC=C(CC1)C(=O)O2. The molecule has 0 aromatic carbocycles. The number of allylic oxidation sites excluding steroid dienone is 1. The van der Waals surface area contributed by atoms with Crippen molar-refractivity contribution < 1.29 is 24.9 Å². The Bertz CT molecular complexity index is 562. The first-order valence-corrected chi connectivity index (χ1v) is 9.23. The third kappa shape index (κ3) is 4.72. The molecule has 0 fully saturated rings. The molecular formula is C20H32O5. The van der Waals surface area contributed by atoms with Crippen molar-refractivity contribution in [2.45, 2.75) is 89.1 Å². The molecule has 5 nitrogen and oxygen atoms in total. The fourth-order valence-electron chi connectivity index (χ4n) is 3.42. The van der Waals surface area contributed by atoms with Gasteiger partial charge in [-0.2, -0.15) is 0 Å². The molecule has 25 heavy (non-hydrogen) atoms. The summed E-state index contributed by atoms with van der Waals surface area (Å²) in [4.78, 5) is 12.5. The van der Waals surface area contributed by atoms with E-state index in [9.17, 15) is 20.1 Å². The van der Waals surface area contributed by atoms with Gasteiger partial charge < -0.3 is 20.1 Å². The summed E-state index contributed by atoms with van der Waals surface area (Å²) in [5.74, 6) is -0.483. The lowest BCUT2D eigenvalue weighted by molar-refractivity contribution is -0.167. The maximum absolute atomic E-state index is 12.5. The lowest BCUT2D eigenvalue weighted by atomic mass is 9.82. The molecule has 0 saturated carbocycles. The summed E-state index contributed by atoms with van der Waals surface area (Å²) in [6.07, 6.45) is 6.84. The van der Waals surface area contributed by atoms with E-state index < -0.39 is 28.9 Å². The summed E-state index contributed by atoms with van der Waals surface area (Å²) in [6, 6.07) is 0. The Balaban J connectivity index is 2.39. The fraction of sp³-hybridized carbons (Fsp3) is 0.750. The summed E-state index contributed by atoms with van der Waals surface area (Å²) in [5.41, 5.74) is -2.68. The van der Waals surface area contributed by atoms with E-state index in [1.165, 1.54) is 0 Å². The van der Waals surface area contributed by atoms with Gasteiger partial charge in [-0.3, -0.25) is 0 Å². The van der Waals surface area contributed by atoms with Crippen molar-refractivity contribution in [3.63, 3.8) is 0 Å². The molecule has 2 rings (SSSR count). The van der Waals surface area contributed by atoms with Gasteiger partial charge in [-0.1, -0.05) is 32.1 Å². The van der Waals surface area contributed by atoms with Crippen LogP contribution in [-0.2, 0) is 9.53 Å². The van der Waals surface area contributed by atoms with E-state index in [0.717, 1.165) is 0 Å². The van der Waals surface area contributed by atoms with Crippen molar-refractivity contribution in [2.24, 2.45) is 5.92 Å². The van der Waals surface area contributed by atoms with Crippen LogP contribution >= 0.6 is 0 Å². The highest BCUT2D eigenvalue weighted by molar-refractivity contribution is 5.89. The monoisotopic (exact) mass is 352 g/mol. The first-order valence-electron chi connectivity index (χ1n) is 9.23. The zero-order valence-electron chi connectivity index (χ0n) is 15.8. The van der Waals surface area contributed by atoms with Gasteiger partial charge in [-0.15, -0.1) is 0 Å². The first-order chi connectivity index (χ1) is 11.5. The Labute approximate surface area is 150 Å². The van der Waals surface area contributed by atoms with Gasteiger partial charge in [-0.05, 0) is 58.3 Å². The topological polar surface area (TPSA) is 87.0 Å². The van der Waals surface area contributed by atoms with Crippen LogP contribution in [0.1, 0.15) is 66.2 Å². The molecule has 0 amide bonds. The number of ether oxygens (including phenoxy) is 1. The van der Waals surface area contributed by atoms with Crippen LogP contribution in [0.4, 0.5) is 0 Å². The number of hydrogen-bond donors (Lipinski definition) is 3. The smallest absolute Gasteiger partial charge is 0.334 e. The van der Waals surface area contributed by atoms with E-state index in [1.54, 1.807) is 26.0 Å². The van der Waals surface area contributed by atoms with Crippen LogP contribution in [-0.4, -0.2) is 44.2 Å². The Hall–Kier alpha value is -1.17. The molecule has 2 aliphatic heterocycles. The van der Waals surface area contributed by atoms with E-state index in [1.807, 2.05) is 19.9 Å². The zero-order valence-corrected chi connectivity index (χ0v) is 15.8. The Morgan fingerprint density at radius 2 is 1.84 bits per heavy atom. The Morgan fingerprint density at radius 1 is 1.16 bits per heavy atom. The second kappa shape index (κ2) is 7.22. The molecule has 0 radical (unpaired) electrons. The molecule has 0 saturated heterocycles. The van der Waals surface area contributed by atoms with Crippen LogP contribution in [0.25, 0.3) is 0 Å². The normalized spacial score (nSPS) is 40.6. The minimum absolute atomic E-state index is 0.0667. The van der Waals surface area contributed by atoms with E-state index in [2.05, 4.69) is 0 Å². The van der Waals surface area contributed by atoms with Gasteiger partial charge in [0.1, 0.15) is 5.60 Å². The minimum atomic E-state index is -1.15. The molecule has 0 aliphatic carbocycles. The van der Waals surface area contributed by atoms with Gasteiger partial charge >= 0.3 is 5.97 Å². The third-order valence-electron chi connectivity index (χ3n) is 5.77. The summed E-state index contributed by atoms with van der Waals surface area (Å²) in [5, 5.41) is 32.2. The molecule has 0 aromatic rings. The predicted molar refractivity (Wildman–Crippen MR) is 95.8 cm³/mol. The number of carbonyl (C=O) groups excluding carboxylic acids is 1. The highest BCUT2D eigenvalue weighted by Gasteiger charge is 2.40. The number of esters is 1. The van der Waals surface area contributed by atoms with Crippen molar-refractivity contribution in [1.29, 1.82) is 0 Å².